The van der Waals surface area contributed by atoms with Gasteiger partial charge in [0.05, 0.1) is 0 Å². The van der Waals surface area contributed by atoms with Gasteiger partial charge in [-0.3, -0.25) is 4.79 Å². The first-order valence-electron chi connectivity index (χ1n) is 6.57. The molecule has 0 bridgehead atoms. The van der Waals surface area contributed by atoms with Gasteiger partial charge in [0.2, 0.25) is 0 Å². The SMILES string of the molecule is Cc1ccccc1C1=N/C(=C\c2ccccc2Br)C(=O)N1. The number of hydrogen-bond donors (Lipinski definition) is 1. The lowest BCUT2D eigenvalue weighted by Gasteiger charge is -2.03. The number of hydrogen-bond acceptors (Lipinski definition) is 2. The Kier molecular flexibility index (Phi) is 3.71. The van der Waals surface area contributed by atoms with Crippen LogP contribution in [0.15, 0.2) is 63.7 Å². The number of amidine groups is 1. The number of nitrogens with one attached hydrogen (secondary N) is 1. The quantitative estimate of drug-likeness (QED) is 0.832. The number of carbonyl (C=O) groups is 1. The molecular weight excluding hydrogens is 328 g/mol. The van der Waals surface area contributed by atoms with Crippen molar-refractivity contribution >= 4 is 33.7 Å². The number of aliphatic imine (C=N–C) groups is 1. The van der Waals surface area contributed by atoms with E-state index >= 15 is 0 Å². The summed E-state index contributed by atoms with van der Waals surface area (Å²) < 4.78 is 0.935. The highest BCUT2D eigenvalue weighted by Gasteiger charge is 2.22. The number of rotatable bonds is 2. The Morgan fingerprint density at radius 1 is 1.10 bits per heavy atom. The Bertz CT molecular complexity index is 778. The minimum atomic E-state index is -0.177. The molecule has 1 heterocycles. The van der Waals surface area contributed by atoms with E-state index in [0.29, 0.717) is 11.5 Å². The molecular formula is C17H13BrN2O. The van der Waals surface area contributed by atoms with Gasteiger partial charge in [0.1, 0.15) is 11.5 Å². The molecule has 0 aliphatic carbocycles. The van der Waals surface area contributed by atoms with E-state index in [1.54, 1.807) is 6.08 Å². The molecule has 1 aliphatic rings. The van der Waals surface area contributed by atoms with E-state index < -0.39 is 0 Å². The molecule has 104 valence electrons. The van der Waals surface area contributed by atoms with Crippen LogP contribution in [0, 0.1) is 6.92 Å². The first kappa shape index (κ1) is 13.8. The Balaban J connectivity index is 2.00. The molecule has 0 fully saturated rings. The topological polar surface area (TPSA) is 41.5 Å². The van der Waals surface area contributed by atoms with Crippen molar-refractivity contribution in [2.75, 3.05) is 0 Å². The average Bonchev–Trinajstić information content (AvgIpc) is 2.83. The lowest BCUT2D eigenvalue weighted by molar-refractivity contribution is -0.115. The molecule has 0 saturated carbocycles. The van der Waals surface area contributed by atoms with Gasteiger partial charge >= 0.3 is 0 Å². The molecule has 0 atom stereocenters. The second kappa shape index (κ2) is 5.66. The van der Waals surface area contributed by atoms with Crippen LogP contribution in [0.2, 0.25) is 0 Å². The zero-order chi connectivity index (χ0) is 14.8. The summed E-state index contributed by atoms with van der Waals surface area (Å²) in [5, 5.41) is 2.83. The summed E-state index contributed by atoms with van der Waals surface area (Å²) in [5.41, 5.74) is 3.37. The second-order valence-electron chi connectivity index (χ2n) is 4.78. The van der Waals surface area contributed by atoms with E-state index in [0.717, 1.165) is 21.2 Å². The number of carbonyl (C=O) groups excluding carboxylic acids is 1. The van der Waals surface area contributed by atoms with Crippen molar-refractivity contribution in [3.05, 3.63) is 75.4 Å². The summed E-state index contributed by atoms with van der Waals surface area (Å²) in [7, 11) is 0. The molecule has 3 nitrogen and oxygen atoms in total. The van der Waals surface area contributed by atoms with Crippen LogP contribution in [-0.2, 0) is 4.79 Å². The number of nitrogens with zero attached hydrogens (tertiary/aromatic N) is 1. The highest BCUT2D eigenvalue weighted by atomic mass is 79.9. The molecule has 0 aromatic heterocycles. The fourth-order valence-electron chi connectivity index (χ4n) is 2.17. The molecule has 21 heavy (non-hydrogen) atoms. The summed E-state index contributed by atoms with van der Waals surface area (Å²) in [4.78, 5) is 16.5. The minimum absolute atomic E-state index is 0.177. The van der Waals surface area contributed by atoms with Crippen molar-refractivity contribution < 1.29 is 4.79 Å². The Hall–Kier alpha value is -2.20. The predicted molar refractivity (Wildman–Crippen MR) is 88.0 cm³/mol. The zero-order valence-corrected chi connectivity index (χ0v) is 13.0. The van der Waals surface area contributed by atoms with Crippen LogP contribution in [0.3, 0.4) is 0 Å². The van der Waals surface area contributed by atoms with E-state index in [1.807, 2.05) is 55.5 Å². The third kappa shape index (κ3) is 2.81. The molecule has 0 saturated heterocycles. The number of benzene rings is 2. The van der Waals surface area contributed by atoms with Crippen molar-refractivity contribution in [2.45, 2.75) is 6.92 Å². The maximum absolute atomic E-state index is 12.1. The summed E-state index contributed by atoms with van der Waals surface area (Å²) in [6.07, 6.45) is 1.78. The molecule has 1 amide bonds. The first-order chi connectivity index (χ1) is 10.1. The summed E-state index contributed by atoms with van der Waals surface area (Å²) >= 11 is 3.47. The third-order valence-corrected chi connectivity index (χ3v) is 4.02. The normalized spacial score (nSPS) is 16.0. The van der Waals surface area contributed by atoms with Crippen LogP contribution in [0.5, 0.6) is 0 Å². The fraction of sp³-hybridized carbons (Fsp3) is 0.0588. The van der Waals surface area contributed by atoms with E-state index in [9.17, 15) is 4.79 Å². The van der Waals surface area contributed by atoms with Crippen LogP contribution < -0.4 is 5.32 Å². The van der Waals surface area contributed by atoms with Crippen molar-refractivity contribution in [1.82, 2.24) is 5.32 Å². The van der Waals surface area contributed by atoms with E-state index in [1.165, 1.54) is 0 Å². The van der Waals surface area contributed by atoms with Gasteiger partial charge in [0.15, 0.2) is 0 Å². The Morgan fingerprint density at radius 3 is 2.57 bits per heavy atom. The predicted octanol–water partition coefficient (Wildman–Crippen LogP) is 3.68. The minimum Gasteiger partial charge on any atom is -0.305 e. The Morgan fingerprint density at radius 2 is 1.81 bits per heavy atom. The maximum atomic E-state index is 12.1. The van der Waals surface area contributed by atoms with Gasteiger partial charge < -0.3 is 5.32 Å². The van der Waals surface area contributed by atoms with Crippen LogP contribution in [0.25, 0.3) is 6.08 Å². The monoisotopic (exact) mass is 340 g/mol. The van der Waals surface area contributed by atoms with Gasteiger partial charge in [-0.1, -0.05) is 58.4 Å². The molecule has 3 rings (SSSR count). The zero-order valence-electron chi connectivity index (χ0n) is 11.4. The van der Waals surface area contributed by atoms with Crippen LogP contribution in [0.4, 0.5) is 0 Å². The lowest BCUT2D eigenvalue weighted by Crippen LogP contribution is -2.25. The molecule has 1 N–H and O–H groups in total. The standard InChI is InChI=1S/C17H13BrN2O/c1-11-6-2-4-8-13(11)16-19-15(17(21)20-16)10-12-7-3-5-9-14(12)18/h2-10H,1H3,(H,19,20,21)/b15-10-. The van der Waals surface area contributed by atoms with Crippen LogP contribution in [0.1, 0.15) is 16.7 Å². The van der Waals surface area contributed by atoms with Gasteiger partial charge in [0, 0.05) is 10.0 Å². The maximum Gasteiger partial charge on any atom is 0.275 e. The number of aryl methyl sites for hydroxylation is 1. The molecule has 1 aliphatic heterocycles. The van der Waals surface area contributed by atoms with Gasteiger partial charge in [-0.2, -0.15) is 0 Å². The largest absolute Gasteiger partial charge is 0.305 e. The van der Waals surface area contributed by atoms with Gasteiger partial charge in [-0.25, -0.2) is 4.99 Å². The molecule has 2 aromatic rings. The number of halogens is 1. The van der Waals surface area contributed by atoms with Gasteiger partial charge in [-0.05, 0) is 30.2 Å². The van der Waals surface area contributed by atoms with Crippen molar-refractivity contribution in [1.29, 1.82) is 0 Å². The summed E-state index contributed by atoms with van der Waals surface area (Å²) in [6, 6.07) is 15.6. The van der Waals surface area contributed by atoms with Crippen molar-refractivity contribution in [3.63, 3.8) is 0 Å². The average molecular weight is 341 g/mol. The van der Waals surface area contributed by atoms with Crippen molar-refractivity contribution in [2.24, 2.45) is 4.99 Å². The third-order valence-electron chi connectivity index (χ3n) is 3.29. The molecule has 0 unspecified atom stereocenters. The van der Waals surface area contributed by atoms with E-state index in [4.69, 9.17) is 0 Å². The summed E-state index contributed by atoms with van der Waals surface area (Å²) in [6.45, 7) is 2.00. The summed E-state index contributed by atoms with van der Waals surface area (Å²) in [5.74, 6) is 0.431. The highest BCUT2D eigenvalue weighted by molar-refractivity contribution is 9.10. The molecule has 2 aromatic carbocycles. The second-order valence-corrected chi connectivity index (χ2v) is 5.63. The van der Waals surface area contributed by atoms with E-state index in [2.05, 4.69) is 26.2 Å². The highest BCUT2D eigenvalue weighted by Crippen LogP contribution is 2.21. The number of amides is 1. The first-order valence-corrected chi connectivity index (χ1v) is 7.37. The van der Waals surface area contributed by atoms with Gasteiger partial charge in [-0.15, -0.1) is 0 Å². The smallest absolute Gasteiger partial charge is 0.275 e. The fourth-order valence-corrected chi connectivity index (χ4v) is 2.57. The van der Waals surface area contributed by atoms with Crippen LogP contribution >= 0.6 is 15.9 Å². The van der Waals surface area contributed by atoms with Crippen LogP contribution in [-0.4, -0.2) is 11.7 Å². The molecule has 0 radical (unpaired) electrons. The van der Waals surface area contributed by atoms with Crippen molar-refractivity contribution in [3.8, 4) is 0 Å². The lowest BCUT2D eigenvalue weighted by atomic mass is 10.1. The molecule has 4 heteroatoms. The molecule has 0 spiro atoms. The van der Waals surface area contributed by atoms with Gasteiger partial charge in [0.25, 0.3) is 5.91 Å². The Labute approximate surface area is 131 Å². The van der Waals surface area contributed by atoms with E-state index in [-0.39, 0.29) is 5.91 Å².